The van der Waals surface area contributed by atoms with Crippen molar-refractivity contribution in [3.05, 3.63) is 30.1 Å². The summed E-state index contributed by atoms with van der Waals surface area (Å²) in [5.41, 5.74) is 0. The molecule has 2 unspecified atom stereocenters. The average molecular weight is 243 g/mol. The zero-order valence-corrected chi connectivity index (χ0v) is 9.80. The van der Waals surface area contributed by atoms with Crippen LogP contribution in [0.15, 0.2) is 29.2 Å². The predicted octanol–water partition coefficient (Wildman–Crippen LogP) is 1.76. The van der Waals surface area contributed by atoms with Crippen molar-refractivity contribution in [2.24, 2.45) is 11.8 Å². The minimum absolute atomic E-state index is 0.113. The standard InChI is InChI=1S/C11H14FNO2S/c1-8-6-9(8)7-13-16(14,15)11-4-2-10(12)3-5-11/h2-5,8-9,13H,6-7H2,1H3. The maximum atomic E-state index is 12.6. The number of hydrogen-bond acceptors (Lipinski definition) is 2. The molecular formula is C11H14FNO2S. The molecule has 1 saturated carbocycles. The molecule has 1 aromatic rings. The number of benzene rings is 1. The molecule has 0 bridgehead atoms. The van der Waals surface area contributed by atoms with E-state index in [1.165, 1.54) is 12.1 Å². The average Bonchev–Trinajstić information content (AvgIpc) is 2.93. The Morgan fingerprint density at radius 1 is 1.38 bits per heavy atom. The maximum Gasteiger partial charge on any atom is 0.240 e. The summed E-state index contributed by atoms with van der Waals surface area (Å²) in [4.78, 5) is 0.113. The van der Waals surface area contributed by atoms with Crippen LogP contribution in [0.5, 0.6) is 0 Å². The first kappa shape index (κ1) is 11.5. The normalized spacial score (nSPS) is 24.4. The number of hydrogen-bond donors (Lipinski definition) is 1. The molecule has 0 aliphatic heterocycles. The molecule has 3 nitrogen and oxygen atoms in total. The Kier molecular flexibility index (Phi) is 2.99. The third-order valence-electron chi connectivity index (χ3n) is 2.94. The predicted molar refractivity (Wildman–Crippen MR) is 58.9 cm³/mol. The molecule has 2 atom stereocenters. The second kappa shape index (κ2) is 4.14. The first-order chi connectivity index (χ1) is 7.49. The molecule has 1 aromatic carbocycles. The molecule has 0 heterocycles. The van der Waals surface area contributed by atoms with Gasteiger partial charge in [0.05, 0.1) is 4.90 Å². The Labute approximate surface area is 94.7 Å². The van der Waals surface area contributed by atoms with Gasteiger partial charge in [-0.05, 0) is 42.5 Å². The van der Waals surface area contributed by atoms with Crippen LogP contribution in [0.3, 0.4) is 0 Å². The van der Waals surface area contributed by atoms with Crippen LogP contribution in [0.2, 0.25) is 0 Å². The highest BCUT2D eigenvalue weighted by atomic mass is 32.2. The van der Waals surface area contributed by atoms with Crippen LogP contribution in [-0.2, 0) is 10.0 Å². The van der Waals surface area contributed by atoms with Crippen LogP contribution in [0.4, 0.5) is 4.39 Å². The van der Waals surface area contributed by atoms with E-state index in [0.29, 0.717) is 18.4 Å². The number of sulfonamides is 1. The van der Waals surface area contributed by atoms with Gasteiger partial charge in [0.1, 0.15) is 5.82 Å². The second-order valence-corrected chi connectivity index (χ2v) is 6.05. The van der Waals surface area contributed by atoms with E-state index >= 15 is 0 Å². The topological polar surface area (TPSA) is 46.2 Å². The largest absolute Gasteiger partial charge is 0.240 e. The molecule has 1 aliphatic rings. The van der Waals surface area contributed by atoms with Gasteiger partial charge in [-0.1, -0.05) is 6.92 Å². The van der Waals surface area contributed by atoms with E-state index in [4.69, 9.17) is 0 Å². The van der Waals surface area contributed by atoms with Crippen molar-refractivity contribution in [2.75, 3.05) is 6.54 Å². The Bertz CT molecular complexity index is 469. The van der Waals surface area contributed by atoms with Gasteiger partial charge >= 0.3 is 0 Å². The number of nitrogens with one attached hydrogen (secondary N) is 1. The highest BCUT2D eigenvalue weighted by Gasteiger charge is 2.33. The van der Waals surface area contributed by atoms with Gasteiger partial charge in [0, 0.05) is 6.54 Å². The Morgan fingerprint density at radius 3 is 2.44 bits per heavy atom. The fourth-order valence-corrected chi connectivity index (χ4v) is 2.69. The van der Waals surface area contributed by atoms with Crippen LogP contribution in [0, 0.1) is 17.7 Å². The van der Waals surface area contributed by atoms with E-state index in [9.17, 15) is 12.8 Å². The van der Waals surface area contributed by atoms with Crippen molar-refractivity contribution < 1.29 is 12.8 Å². The summed E-state index contributed by atoms with van der Waals surface area (Å²) in [5.74, 6) is 0.626. The summed E-state index contributed by atoms with van der Waals surface area (Å²) in [5, 5.41) is 0. The zero-order valence-electron chi connectivity index (χ0n) is 8.98. The van der Waals surface area contributed by atoms with Crippen molar-refractivity contribution in [1.82, 2.24) is 4.72 Å². The van der Waals surface area contributed by atoms with Gasteiger partial charge in [0.25, 0.3) is 0 Å². The minimum atomic E-state index is -3.47. The molecule has 5 heteroatoms. The molecule has 0 saturated heterocycles. The van der Waals surface area contributed by atoms with Gasteiger partial charge in [0.2, 0.25) is 10.0 Å². The minimum Gasteiger partial charge on any atom is -0.211 e. The zero-order chi connectivity index (χ0) is 11.8. The lowest BCUT2D eigenvalue weighted by molar-refractivity contribution is 0.574. The Hall–Kier alpha value is -0.940. The van der Waals surface area contributed by atoms with Gasteiger partial charge in [-0.3, -0.25) is 0 Å². The van der Waals surface area contributed by atoms with Crippen LogP contribution < -0.4 is 4.72 Å². The van der Waals surface area contributed by atoms with Gasteiger partial charge in [-0.2, -0.15) is 0 Å². The second-order valence-electron chi connectivity index (χ2n) is 4.28. The van der Waals surface area contributed by atoms with Crippen LogP contribution in [0.1, 0.15) is 13.3 Å². The van der Waals surface area contributed by atoms with Crippen molar-refractivity contribution in [2.45, 2.75) is 18.2 Å². The number of halogens is 1. The van der Waals surface area contributed by atoms with Crippen molar-refractivity contribution >= 4 is 10.0 Å². The molecule has 88 valence electrons. The summed E-state index contributed by atoms with van der Waals surface area (Å²) in [7, 11) is -3.47. The fraction of sp³-hybridized carbons (Fsp3) is 0.455. The first-order valence-electron chi connectivity index (χ1n) is 5.24. The summed E-state index contributed by atoms with van der Waals surface area (Å²) < 4.78 is 38.7. The lowest BCUT2D eigenvalue weighted by Gasteiger charge is -2.05. The molecule has 1 aliphatic carbocycles. The highest BCUT2D eigenvalue weighted by molar-refractivity contribution is 7.89. The molecule has 16 heavy (non-hydrogen) atoms. The molecule has 1 fully saturated rings. The van der Waals surface area contributed by atoms with E-state index < -0.39 is 15.8 Å². The van der Waals surface area contributed by atoms with Crippen molar-refractivity contribution in [3.8, 4) is 0 Å². The Balaban J connectivity index is 2.03. The van der Waals surface area contributed by atoms with Gasteiger partial charge in [-0.25, -0.2) is 17.5 Å². The Morgan fingerprint density at radius 2 is 1.94 bits per heavy atom. The van der Waals surface area contributed by atoms with Crippen molar-refractivity contribution in [1.29, 1.82) is 0 Å². The highest BCUT2D eigenvalue weighted by Crippen LogP contribution is 2.37. The molecular weight excluding hydrogens is 229 g/mol. The third kappa shape index (κ3) is 2.59. The van der Waals surface area contributed by atoms with Gasteiger partial charge in [0.15, 0.2) is 0 Å². The first-order valence-corrected chi connectivity index (χ1v) is 6.72. The quantitative estimate of drug-likeness (QED) is 0.876. The summed E-state index contributed by atoms with van der Waals surface area (Å²) >= 11 is 0. The number of rotatable bonds is 4. The van der Waals surface area contributed by atoms with Crippen molar-refractivity contribution in [3.63, 3.8) is 0 Å². The third-order valence-corrected chi connectivity index (χ3v) is 4.38. The molecule has 0 amide bonds. The van der Waals surface area contributed by atoms with Crippen LogP contribution >= 0.6 is 0 Å². The van der Waals surface area contributed by atoms with Crippen LogP contribution in [0.25, 0.3) is 0 Å². The molecule has 0 radical (unpaired) electrons. The molecule has 0 aromatic heterocycles. The smallest absolute Gasteiger partial charge is 0.211 e. The SMILES string of the molecule is CC1CC1CNS(=O)(=O)c1ccc(F)cc1. The van der Waals surface area contributed by atoms with Crippen LogP contribution in [-0.4, -0.2) is 15.0 Å². The molecule has 1 N–H and O–H groups in total. The van der Waals surface area contributed by atoms with E-state index in [2.05, 4.69) is 11.6 Å². The summed E-state index contributed by atoms with van der Waals surface area (Å²) in [6.45, 7) is 2.57. The van der Waals surface area contributed by atoms with Gasteiger partial charge in [-0.15, -0.1) is 0 Å². The van der Waals surface area contributed by atoms with E-state index in [-0.39, 0.29) is 4.90 Å². The summed E-state index contributed by atoms with van der Waals surface area (Å²) in [6.07, 6.45) is 1.08. The fourth-order valence-electron chi connectivity index (χ4n) is 1.60. The summed E-state index contributed by atoms with van der Waals surface area (Å²) in [6, 6.07) is 4.84. The maximum absolute atomic E-state index is 12.6. The molecule has 2 rings (SSSR count). The molecule has 0 spiro atoms. The van der Waals surface area contributed by atoms with Gasteiger partial charge < -0.3 is 0 Å². The van der Waals surface area contributed by atoms with E-state index in [0.717, 1.165) is 18.6 Å². The lowest BCUT2D eigenvalue weighted by Crippen LogP contribution is -2.26. The van der Waals surface area contributed by atoms with E-state index in [1.54, 1.807) is 0 Å². The van der Waals surface area contributed by atoms with E-state index in [1.807, 2.05) is 0 Å². The lowest BCUT2D eigenvalue weighted by atomic mass is 10.3. The monoisotopic (exact) mass is 243 g/mol.